The summed E-state index contributed by atoms with van der Waals surface area (Å²) in [5, 5.41) is 32.3. The van der Waals surface area contributed by atoms with Crippen LogP contribution >= 0.6 is 0 Å². The average Bonchev–Trinajstić information content (AvgIpc) is 3.14. The summed E-state index contributed by atoms with van der Waals surface area (Å²) in [6, 6.07) is 1.66. The molecule has 35 heavy (non-hydrogen) atoms. The van der Waals surface area contributed by atoms with E-state index in [1.165, 1.54) is 96.1 Å². The number of aromatic nitrogens is 2. The topological polar surface area (TPSA) is 117 Å². The molecule has 2 rings (SSSR count). The number of anilines is 1. The average molecular weight is 496 g/mol. The van der Waals surface area contributed by atoms with Gasteiger partial charge in [0.1, 0.15) is 24.1 Å². The van der Waals surface area contributed by atoms with Crippen LogP contribution in [0.3, 0.4) is 0 Å². The zero-order chi connectivity index (χ0) is 25.3. The van der Waals surface area contributed by atoms with Crippen LogP contribution in [0.1, 0.15) is 116 Å². The van der Waals surface area contributed by atoms with Gasteiger partial charge in [0.2, 0.25) is 0 Å². The van der Waals surface area contributed by atoms with Gasteiger partial charge in [0, 0.05) is 12.7 Å². The van der Waals surface area contributed by atoms with Crippen molar-refractivity contribution in [2.75, 3.05) is 18.5 Å². The van der Waals surface area contributed by atoms with Gasteiger partial charge in [-0.15, -0.1) is 0 Å². The Kier molecular flexibility index (Phi) is 15.2. The highest BCUT2D eigenvalue weighted by molar-refractivity contribution is 5.31. The van der Waals surface area contributed by atoms with Gasteiger partial charge in [0.05, 0.1) is 6.61 Å². The van der Waals surface area contributed by atoms with Crippen molar-refractivity contribution in [2.24, 2.45) is 0 Å². The largest absolute Gasteiger partial charge is 0.394 e. The fourth-order valence-electron chi connectivity index (χ4n) is 4.70. The highest BCUT2D eigenvalue weighted by atomic mass is 16.6. The molecule has 0 saturated carbocycles. The van der Waals surface area contributed by atoms with Crippen LogP contribution in [-0.4, -0.2) is 56.3 Å². The molecule has 202 valence electrons. The standard InChI is InChI=1S/C27H49N3O5/c1-2-3-4-5-6-7-8-9-10-11-12-13-14-15-16-17-19-28-23-18-20-30(27(34)29-23)26-25(33)24(32)22(21-31)35-26/h18,20,22,24-26,31-33H,2-17,19,21H2,1H3,(H,28,29,34)/t22-,24-,25+,26-/m1/s1. The summed E-state index contributed by atoms with van der Waals surface area (Å²) >= 11 is 0. The molecule has 0 aliphatic carbocycles. The predicted molar refractivity (Wildman–Crippen MR) is 140 cm³/mol. The van der Waals surface area contributed by atoms with Crippen LogP contribution in [0.25, 0.3) is 0 Å². The SMILES string of the molecule is CCCCCCCCCCCCCCCCCCNc1ccn([C@@H]2O[C@H](CO)[C@@H](O)[C@@H]2O)c(=O)n1. The molecule has 2 heterocycles. The molecule has 1 aromatic rings. The molecule has 1 saturated heterocycles. The van der Waals surface area contributed by atoms with Crippen molar-refractivity contribution in [1.29, 1.82) is 0 Å². The molecule has 0 spiro atoms. The number of ether oxygens (including phenoxy) is 1. The Morgan fingerprint density at radius 1 is 0.857 bits per heavy atom. The Balaban J connectivity index is 1.46. The van der Waals surface area contributed by atoms with Gasteiger partial charge in [-0.3, -0.25) is 4.57 Å². The normalized spacial score (nSPS) is 22.1. The van der Waals surface area contributed by atoms with E-state index in [1.807, 2.05) is 0 Å². The van der Waals surface area contributed by atoms with Gasteiger partial charge >= 0.3 is 5.69 Å². The van der Waals surface area contributed by atoms with E-state index in [-0.39, 0.29) is 0 Å². The number of hydrogen-bond donors (Lipinski definition) is 4. The molecule has 1 fully saturated rings. The lowest BCUT2D eigenvalue weighted by Gasteiger charge is -2.17. The van der Waals surface area contributed by atoms with E-state index >= 15 is 0 Å². The van der Waals surface area contributed by atoms with E-state index in [4.69, 9.17) is 4.74 Å². The maximum atomic E-state index is 12.3. The first kappa shape index (κ1) is 29.7. The molecule has 8 heteroatoms. The molecule has 4 N–H and O–H groups in total. The minimum Gasteiger partial charge on any atom is -0.394 e. The third kappa shape index (κ3) is 11.0. The number of aliphatic hydroxyl groups is 3. The van der Waals surface area contributed by atoms with Gasteiger partial charge in [0.15, 0.2) is 6.23 Å². The molecule has 0 amide bonds. The monoisotopic (exact) mass is 495 g/mol. The lowest BCUT2D eigenvalue weighted by atomic mass is 10.0. The van der Waals surface area contributed by atoms with E-state index < -0.39 is 36.8 Å². The van der Waals surface area contributed by atoms with E-state index in [9.17, 15) is 20.1 Å². The first-order valence-corrected chi connectivity index (χ1v) is 14.0. The summed E-state index contributed by atoms with van der Waals surface area (Å²) in [6.45, 7) is 2.59. The smallest absolute Gasteiger partial charge is 0.351 e. The van der Waals surface area contributed by atoms with Crippen molar-refractivity contribution < 1.29 is 20.1 Å². The molecule has 0 aromatic carbocycles. The lowest BCUT2D eigenvalue weighted by Crippen LogP contribution is -2.36. The van der Waals surface area contributed by atoms with Crippen molar-refractivity contribution in [3.8, 4) is 0 Å². The van der Waals surface area contributed by atoms with E-state index in [1.54, 1.807) is 6.07 Å². The highest BCUT2D eigenvalue weighted by Gasteiger charge is 2.43. The quantitative estimate of drug-likeness (QED) is 0.196. The van der Waals surface area contributed by atoms with Crippen LogP contribution in [0.2, 0.25) is 0 Å². The fourth-order valence-corrected chi connectivity index (χ4v) is 4.70. The second kappa shape index (κ2) is 17.9. The first-order valence-electron chi connectivity index (χ1n) is 14.0. The molecule has 0 unspecified atom stereocenters. The highest BCUT2D eigenvalue weighted by Crippen LogP contribution is 2.28. The molecule has 0 radical (unpaired) electrons. The van der Waals surface area contributed by atoms with Crippen LogP contribution in [-0.2, 0) is 4.74 Å². The van der Waals surface area contributed by atoms with Gasteiger partial charge in [-0.1, -0.05) is 103 Å². The molecular weight excluding hydrogens is 446 g/mol. The van der Waals surface area contributed by atoms with Gasteiger partial charge in [-0.2, -0.15) is 4.98 Å². The molecular formula is C27H49N3O5. The van der Waals surface area contributed by atoms with E-state index in [2.05, 4.69) is 17.2 Å². The van der Waals surface area contributed by atoms with Crippen molar-refractivity contribution in [2.45, 2.75) is 134 Å². The molecule has 1 aliphatic rings. The number of nitrogens with one attached hydrogen (secondary N) is 1. The van der Waals surface area contributed by atoms with Gasteiger partial charge < -0.3 is 25.4 Å². The fraction of sp³-hybridized carbons (Fsp3) is 0.852. The summed E-state index contributed by atoms with van der Waals surface area (Å²) in [6.07, 6.45) is 18.3. The third-order valence-electron chi connectivity index (χ3n) is 6.96. The molecule has 4 atom stereocenters. The molecule has 1 aliphatic heterocycles. The van der Waals surface area contributed by atoms with Gasteiger partial charge in [-0.25, -0.2) is 4.79 Å². The second-order valence-electron chi connectivity index (χ2n) is 9.96. The summed E-state index contributed by atoms with van der Waals surface area (Å²) in [5.74, 6) is 0.485. The zero-order valence-corrected chi connectivity index (χ0v) is 21.7. The summed E-state index contributed by atoms with van der Waals surface area (Å²) in [4.78, 5) is 16.3. The number of unbranched alkanes of at least 4 members (excludes halogenated alkanes) is 15. The Bertz CT molecular complexity index is 729. The first-order chi connectivity index (χ1) is 17.1. The minimum absolute atomic E-state index is 0.435. The van der Waals surface area contributed by atoms with Crippen LogP contribution < -0.4 is 11.0 Å². The lowest BCUT2D eigenvalue weighted by molar-refractivity contribution is -0.0549. The van der Waals surface area contributed by atoms with Crippen molar-refractivity contribution in [1.82, 2.24) is 9.55 Å². The second-order valence-corrected chi connectivity index (χ2v) is 9.96. The minimum atomic E-state index is -1.30. The Labute approximate surface area is 211 Å². The zero-order valence-electron chi connectivity index (χ0n) is 21.7. The van der Waals surface area contributed by atoms with Gasteiger partial charge in [0.25, 0.3) is 0 Å². The Morgan fingerprint density at radius 3 is 1.83 bits per heavy atom. The number of hydrogen-bond acceptors (Lipinski definition) is 7. The van der Waals surface area contributed by atoms with Crippen LogP contribution in [0.4, 0.5) is 5.82 Å². The summed E-state index contributed by atoms with van der Waals surface area (Å²) in [7, 11) is 0. The number of aliphatic hydroxyl groups excluding tert-OH is 3. The number of rotatable bonds is 20. The molecule has 1 aromatic heterocycles. The maximum absolute atomic E-state index is 12.3. The number of nitrogens with zero attached hydrogens (tertiary/aromatic N) is 2. The van der Waals surface area contributed by atoms with Crippen molar-refractivity contribution >= 4 is 5.82 Å². The predicted octanol–water partition coefficient (Wildman–Crippen LogP) is 4.53. The van der Waals surface area contributed by atoms with Crippen molar-refractivity contribution in [3.63, 3.8) is 0 Å². The maximum Gasteiger partial charge on any atom is 0.351 e. The van der Waals surface area contributed by atoms with Crippen molar-refractivity contribution in [3.05, 3.63) is 22.7 Å². The Hall–Kier alpha value is -1.48. The van der Waals surface area contributed by atoms with Crippen LogP contribution in [0.5, 0.6) is 0 Å². The van der Waals surface area contributed by atoms with Gasteiger partial charge in [-0.05, 0) is 12.5 Å². The van der Waals surface area contributed by atoms with E-state index in [0.717, 1.165) is 24.0 Å². The van der Waals surface area contributed by atoms with Crippen LogP contribution in [0, 0.1) is 0 Å². The third-order valence-corrected chi connectivity index (χ3v) is 6.96. The molecule has 0 bridgehead atoms. The van der Waals surface area contributed by atoms with E-state index in [0.29, 0.717) is 5.82 Å². The molecule has 8 nitrogen and oxygen atoms in total. The van der Waals surface area contributed by atoms with Crippen LogP contribution in [0.15, 0.2) is 17.1 Å². The summed E-state index contributed by atoms with van der Waals surface area (Å²) < 4.78 is 6.53. The summed E-state index contributed by atoms with van der Waals surface area (Å²) in [5.41, 5.74) is -0.572. The Morgan fingerprint density at radius 2 is 1.37 bits per heavy atom.